The molecule has 0 bridgehead atoms. The van der Waals surface area contributed by atoms with Gasteiger partial charge in [-0.1, -0.05) is 6.07 Å². The van der Waals surface area contributed by atoms with Crippen LogP contribution in [0, 0.1) is 0 Å². The lowest BCUT2D eigenvalue weighted by Gasteiger charge is -2.16. The van der Waals surface area contributed by atoms with Crippen molar-refractivity contribution in [3.63, 3.8) is 0 Å². The van der Waals surface area contributed by atoms with E-state index in [1.165, 1.54) is 4.90 Å². The summed E-state index contributed by atoms with van der Waals surface area (Å²) >= 11 is 0. The molecule has 0 aromatic heterocycles. The van der Waals surface area contributed by atoms with Crippen LogP contribution in [-0.2, 0) is 4.79 Å². The van der Waals surface area contributed by atoms with E-state index in [0.29, 0.717) is 18.0 Å². The Labute approximate surface area is 105 Å². The third-order valence-corrected chi connectivity index (χ3v) is 3.51. The van der Waals surface area contributed by atoms with Crippen molar-refractivity contribution in [1.29, 1.82) is 0 Å². The summed E-state index contributed by atoms with van der Waals surface area (Å²) in [5, 5.41) is 0. The number of carbonyl (C=O) groups is 2. The van der Waals surface area contributed by atoms with Crippen LogP contribution in [0.15, 0.2) is 24.3 Å². The Morgan fingerprint density at radius 3 is 2.89 bits per heavy atom. The summed E-state index contributed by atoms with van der Waals surface area (Å²) in [6, 6.07) is 6.55. The van der Waals surface area contributed by atoms with Gasteiger partial charge in [0.2, 0.25) is 0 Å². The number of urea groups is 1. The highest BCUT2D eigenvalue weighted by Gasteiger charge is 2.47. The molecule has 0 N–H and O–H groups in total. The van der Waals surface area contributed by atoms with Gasteiger partial charge in [-0.15, -0.1) is 0 Å². The van der Waals surface area contributed by atoms with Gasteiger partial charge in [-0.3, -0.25) is 4.79 Å². The molecule has 1 aromatic rings. The molecule has 2 aliphatic heterocycles. The summed E-state index contributed by atoms with van der Waals surface area (Å²) < 4.78 is 5.12. The number of anilines is 1. The van der Waals surface area contributed by atoms with Crippen LogP contribution < -0.4 is 9.64 Å². The summed E-state index contributed by atoms with van der Waals surface area (Å²) in [6.45, 7) is 0.676. The van der Waals surface area contributed by atoms with Crippen molar-refractivity contribution in [2.45, 2.75) is 18.9 Å². The van der Waals surface area contributed by atoms with Gasteiger partial charge in [0.25, 0.3) is 5.91 Å². The zero-order valence-electron chi connectivity index (χ0n) is 10.1. The molecule has 0 aliphatic carbocycles. The lowest BCUT2D eigenvalue weighted by Crippen LogP contribution is -2.33. The van der Waals surface area contributed by atoms with E-state index in [1.54, 1.807) is 36.3 Å². The van der Waals surface area contributed by atoms with Crippen molar-refractivity contribution in [1.82, 2.24) is 4.90 Å². The maximum absolute atomic E-state index is 12.2. The number of benzene rings is 1. The highest BCUT2D eigenvalue weighted by atomic mass is 16.5. The first kappa shape index (κ1) is 11.1. The molecule has 0 radical (unpaired) electrons. The molecular weight excluding hydrogens is 232 g/mol. The van der Waals surface area contributed by atoms with Gasteiger partial charge < -0.3 is 9.64 Å². The van der Waals surface area contributed by atoms with E-state index in [4.69, 9.17) is 4.74 Å². The largest absolute Gasteiger partial charge is 0.497 e. The standard InChI is InChI=1S/C13H14N2O3/c1-18-10-5-2-4-9(8-10)15-12(16)11-6-3-7-14(11)13(15)17/h2,4-5,8,11H,3,6-7H2,1H3. The second-order valence-corrected chi connectivity index (χ2v) is 4.51. The fourth-order valence-electron chi connectivity index (χ4n) is 2.61. The lowest BCUT2D eigenvalue weighted by atomic mass is 10.2. The monoisotopic (exact) mass is 246 g/mol. The third kappa shape index (κ3) is 1.47. The molecule has 0 saturated carbocycles. The van der Waals surface area contributed by atoms with Gasteiger partial charge in [0.15, 0.2) is 0 Å². The summed E-state index contributed by atoms with van der Waals surface area (Å²) in [4.78, 5) is 27.3. The minimum atomic E-state index is -0.260. The molecule has 94 valence electrons. The van der Waals surface area contributed by atoms with Gasteiger partial charge in [0, 0.05) is 12.6 Å². The Morgan fingerprint density at radius 2 is 2.17 bits per heavy atom. The average Bonchev–Trinajstić information content (AvgIpc) is 2.95. The zero-order chi connectivity index (χ0) is 12.7. The number of imide groups is 1. The van der Waals surface area contributed by atoms with Crippen LogP contribution in [0.3, 0.4) is 0 Å². The molecular formula is C13H14N2O3. The highest BCUT2D eigenvalue weighted by molar-refractivity contribution is 6.21. The number of amides is 3. The summed E-state index contributed by atoms with van der Waals surface area (Å²) in [5.41, 5.74) is 0.582. The van der Waals surface area contributed by atoms with Gasteiger partial charge in [0.1, 0.15) is 11.8 Å². The lowest BCUT2D eigenvalue weighted by molar-refractivity contribution is -0.119. The maximum atomic E-state index is 12.2. The van der Waals surface area contributed by atoms with Gasteiger partial charge in [0.05, 0.1) is 12.8 Å². The quantitative estimate of drug-likeness (QED) is 0.745. The Morgan fingerprint density at radius 1 is 1.33 bits per heavy atom. The normalized spacial score (nSPS) is 22.6. The molecule has 1 unspecified atom stereocenters. The van der Waals surface area contributed by atoms with Crippen LogP contribution in [0.2, 0.25) is 0 Å². The third-order valence-electron chi connectivity index (χ3n) is 3.51. The SMILES string of the molecule is COc1cccc(N2C(=O)C3CCCN3C2=O)c1. The first-order valence-electron chi connectivity index (χ1n) is 6.01. The van der Waals surface area contributed by atoms with Gasteiger partial charge in [-0.05, 0) is 25.0 Å². The summed E-state index contributed by atoms with van der Waals surface area (Å²) in [5.74, 6) is 0.519. The van der Waals surface area contributed by atoms with E-state index in [1.807, 2.05) is 0 Å². The first-order chi connectivity index (χ1) is 8.72. The molecule has 3 rings (SSSR count). The molecule has 2 saturated heterocycles. The second kappa shape index (κ2) is 4.01. The minimum Gasteiger partial charge on any atom is -0.497 e. The molecule has 3 amide bonds. The Hall–Kier alpha value is -2.04. The highest BCUT2D eigenvalue weighted by Crippen LogP contribution is 2.32. The van der Waals surface area contributed by atoms with E-state index in [2.05, 4.69) is 0 Å². The predicted octanol–water partition coefficient (Wildman–Crippen LogP) is 1.63. The molecule has 1 aromatic carbocycles. The maximum Gasteiger partial charge on any atom is 0.332 e. The first-order valence-corrected chi connectivity index (χ1v) is 6.01. The van der Waals surface area contributed by atoms with Gasteiger partial charge >= 0.3 is 6.03 Å². The van der Waals surface area contributed by atoms with E-state index in [0.717, 1.165) is 12.8 Å². The number of fused-ring (bicyclic) bond motifs is 1. The smallest absolute Gasteiger partial charge is 0.332 e. The molecule has 2 fully saturated rings. The molecule has 18 heavy (non-hydrogen) atoms. The van der Waals surface area contributed by atoms with Gasteiger partial charge in [-0.25, -0.2) is 9.69 Å². The number of rotatable bonds is 2. The number of hydrogen-bond donors (Lipinski definition) is 0. The average molecular weight is 246 g/mol. The van der Waals surface area contributed by atoms with Crippen LogP contribution in [0.25, 0.3) is 0 Å². The van der Waals surface area contributed by atoms with E-state index < -0.39 is 0 Å². The number of nitrogens with zero attached hydrogens (tertiary/aromatic N) is 2. The molecule has 5 heteroatoms. The predicted molar refractivity (Wildman–Crippen MR) is 65.6 cm³/mol. The molecule has 2 aliphatic rings. The minimum absolute atomic E-state index is 0.120. The van der Waals surface area contributed by atoms with Crippen molar-refractivity contribution < 1.29 is 14.3 Å². The van der Waals surface area contributed by atoms with Crippen molar-refractivity contribution in [2.75, 3.05) is 18.6 Å². The summed E-state index contributed by atoms with van der Waals surface area (Å²) in [7, 11) is 1.56. The van der Waals surface area contributed by atoms with Crippen molar-refractivity contribution in [2.24, 2.45) is 0 Å². The van der Waals surface area contributed by atoms with Crippen LogP contribution in [0.4, 0.5) is 10.5 Å². The molecule has 5 nitrogen and oxygen atoms in total. The number of carbonyl (C=O) groups excluding carboxylic acids is 2. The van der Waals surface area contributed by atoms with Gasteiger partial charge in [-0.2, -0.15) is 0 Å². The Balaban J connectivity index is 1.97. The molecule has 1 atom stereocenters. The number of ether oxygens (including phenoxy) is 1. The molecule has 2 heterocycles. The number of methoxy groups -OCH3 is 1. The van der Waals surface area contributed by atoms with E-state index >= 15 is 0 Å². The topological polar surface area (TPSA) is 49.9 Å². The fourth-order valence-corrected chi connectivity index (χ4v) is 2.61. The number of hydrogen-bond acceptors (Lipinski definition) is 3. The summed E-state index contributed by atoms with van der Waals surface area (Å²) in [6.07, 6.45) is 1.68. The van der Waals surface area contributed by atoms with E-state index in [9.17, 15) is 9.59 Å². The zero-order valence-corrected chi connectivity index (χ0v) is 10.1. The van der Waals surface area contributed by atoms with E-state index in [-0.39, 0.29) is 18.0 Å². The van der Waals surface area contributed by atoms with Crippen molar-refractivity contribution >= 4 is 17.6 Å². The van der Waals surface area contributed by atoms with Crippen LogP contribution in [-0.4, -0.2) is 36.5 Å². The van der Waals surface area contributed by atoms with Crippen LogP contribution in [0.1, 0.15) is 12.8 Å². The Bertz CT molecular complexity index is 493. The fraction of sp³-hybridized carbons (Fsp3) is 0.385. The van der Waals surface area contributed by atoms with Crippen molar-refractivity contribution in [3.8, 4) is 5.75 Å². The molecule has 0 spiro atoms. The van der Waals surface area contributed by atoms with Crippen molar-refractivity contribution in [3.05, 3.63) is 24.3 Å². The second-order valence-electron chi connectivity index (χ2n) is 4.51. The van der Waals surface area contributed by atoms with Crippen LogP contribution >= 0.6 is 0 Å². The Kier molecular flexibility index (Phi) is 2.47. The van der Waals surface area contributed by atoms with Crippen LogP contribution in [0.5, 0.6) is 5.75 Å².